The van der Waals surface area contributed by atoms with Crippen LogP contribution in [0.4, 0.5) is 17.3 Å². The largest absolute Gasteiger partial charge is 0.481 e. The van der Waals surface area contributed by atoms with E-state index in [1.54, 1.807) is 34.1 Å². The molecule has 2 aromatic carbocycles. The van der Waals surface area contributed by atoms with Crippen molar-refractivity contribution < 1.29 is 14.7 Å². The van der Waals surface area contributed by atoms with Gasteiger partial charge in [0.05, 0.1) is 16.5 Å². The minimum atomic E-state index is -0.943. The number of halogens is 2. The molecule has 3 rings (SSSR count). The number of anilines is 3. The van der Waals surface area contributed by atoms with Gasteiger partial charge in [-0.25, -0.2) is 9.97 Å². The normalized spacial score (nSPS) is 10.6. The Morgan fingerprint density at radius 2 is 1.50 bits per heavy atom. The van der Waals surface area contributed by atoms with Gasteiger partial charge in [0.15, 0.2) is 0 Å². The second-order valence-corrected chi connectivity index (χ2v) is 8.90. The third-order valence-electron chi connectivity index (χ3n) is 4.94. The van der Waals surface area contributed by atoms with Crippen LogP contribution >= 0.6 is 23.2 Å². The molecule has 0 fully saturated rings. The zero-order chi connectivity index (χ0) is 25.0. The van der Waals surface area contributed by atoms with Gasteiger partial charge >= 0.3 is 5.97 Å². The summed E-state index contributed by atoms with van der Waals surface area (Å²) in [6.45, 7) is 0. The van der Waals surface area contributed by atoms with Gasteiger partial charge < -0.3 is 20.2 Å². The lowest BCUT2D eigenvalue weighted by molar-refractivity contribution is -0.136. The number of nitrogens with zero attached hydrogens (tertiary/aromatic N) is 4. The summed E-state index contributed by atoms with van der Waals surface area (Å²) in [5, 5.41) is 12.9. The topological polar surface area (TPSA) is 98.7 Å². The van der Waals surface area contributed by atoms with Crippen LogP contribution in [0.3, 0.4) is 0 Å². The van der Waals surface area contributed by atoms with Gasteiger partial charge in [0.1, 0.15) is 17.5 Å². The maximum atomic E-state index is 12.5. The van der Waals surface area contributed by atoms with Crippen LogP contribution in [0.5, 0.6) is 0 Å². The van der Waals surface area contributed by atoms with E-state index in [0.717, 1.165) is 5.56 Å². The number of benzene rings is 2. The summed E-state index contributed by atoms with van der Waals surface area (Å²) in [6.07, 6.45) is 0.268. The van der Waals surface area contributed by atoms with Gasteiger partial charge in [-0.05, 0) is 35.9 Å². The minimum Gasteiger partial charge on any atom is -0.481 e. The van der Waals surface area contributed by atoms with Crippen molar-refractivity contribution in [1.29, 1.82) is 0 Å². The molecule has 0 unspecified atom stereocenters. The van der Waals surface area contributed by atoms with Crippen molar-refractivity contribution in [3.05, 3.63) is 75.0 Å². The van der Waals surface area contributed by atoms with Crippen LogP contribution in [0.2, 0.25) is 10.0 Å². The standard InChI is InChI=1S/C24H25Cl2N5O3/c1-30(2)22-17(13-21(32)33)23(31(3)4)29-20(28-22)11-14-5-8-16(9-6-14)27-24(34)15-7-10-18(25)19(26)12-15/h5-10,12H,11,13H2,1-4H3,(H,27,34)(H,32,33). The van der Waals surface area contributed by atoms with E-state index in [0.29, 0.717) is 50.7 Å². The molecule has 1 aromatic heterocycles. The molecule has 0 aliphatic carbocycles. The Morgan fingerprint density at radius 3 is 2.00 bits per heavy atom. The molecule has 1 heterocycles. The molecule has 34 heavy (non-hydrogen) atoms. The predicted molar refractivity (Wildman–Crippen MR) is 136 cm³/mol. The van der Waals surface area contributed by atoms with Gasteiger partial charge in [-0.3, -0.25) is 9.59 Å². The number of hydrogen-bond acceptors (Lipinski definition) is 6. The number of carbonyl (C=O) groups excluding carboxylic acids is 1. The SMILES string of the molecule is CN(C)c1nc(Cc2ccc(NC(=O)c3ccc(Cl)c(Cl)c3)cc2)nc(N(C)C)c1CC(=O)O. The summed E-state index contributed by atoms with van der Waals surface area (Å²) in [7, 11) is 7.29. The molecule has 2 N–H and O–H groups in total. The summed E-state index contributed by atoms with van der Waals surface area (Å²) in [5.41, 5.74) is 2.53. The monoisotopic (exact) mass is 501 g/mol. The molecular formula is C24H25Cl2N5O3. The highest BCUT2D eigenvalue weighted by Crippen LogP contribution is 2.27. The van der Waals surface area contributed by atoms with E-state index >= 15 is 0 Å². The Kier molecular flexibility index (Phi) is 7.96. The van der Waals surface area contributed by atoms with Gasteiger partial charge in [0.25, 0.3) is 5.91 Å². The van der Waals surface area contributed by atoms with Crippen LogP contribution in [0.15, 0.2) is 42.5 Å². The first-order valence-electron chi connectivity index (χ1n) is 10.4. The predicted octanol–water partition coefficient (Wildman–Crippen LogP) is 4.39. The number of hydrogen-bond donors (Lipinski definition) is 2. The highest BCUT2D eigenvalue weighted by Gasteiger charge is 2.20. The van der Waals surface area contributed by atoms with Crippen LogP contribution < -0.4 is 15.1 Å². The molecule has 0 saturated heterocycles. The fraction of sp³-hybridized carbons (Fsp3) is 0.250. The highest BCUT2D eigenvalue weighted by atomic mass is 35.5. The third kappa shape index (κ3) is 6.15. The molecule has 0 saturated carbocycles. The van der Waals surface area contributed by atoms with E-state index in [9.17, 15) is 14.7 Å². The van der Waals surface area contributed by atoms with E-state index < -0.39 is 5.97 Å². The second-order valence-electron chi connectivity index (χ2n) is 8.08. The summed E-state index contributed by atoms with van der Waals surface area (Å²) < 4.78 is 0. The number of amides is 1. The Hall–Kier alpha value is -3.36. The zero-order valence-electron chi connectivity index (χ0n) is 19.3. The number of rotatable bonds is 8. The molecule has 0 bridgehead atoms. The van der Waals surface area contributed by atoms with E-state index in [1.165, 1.54) is 6.07 Å². The summed E-state index contributed by atoms with van der Waals surface area (Å²) in [5.74, 6) is 0.466. The second kappa shape index (κ2) is 10.7. The van der Waals surface area contributed by atoms with Crippen molar-refractivity contribution in [3.63, 3.8) is 0 Å². The first kappa shape index (κ1) is 25.3. The number of aromatic nitrogens is 2. The van der Waals surface area contributed by atoms with E-state index in [-0.39, 0.29) is 12.3 Å². The summed E-state index contributed by atoms with van der Waals surface area (Å²) in [4.78, 5) is 36.7. The Morgan fingerprint density at radius 1 is 0.912 bits per heavy atom. The fourth-order valence-electron chi connectivity index (χ4n) is 3.36. The maximum Gasteiger partial charge on any atom is 0.308 e. The lowest BCUT2D eigenvalue weighted by atomic mass is 10.1. The first-order chi connectivity index (χ1) is 16.0. The van der Waals surface area contributed by atoms with E-state index in [1.807, 2.05) is 40.3 Å². The van der Waals surface area contributed by atoms with Crippen LogP contribution in [0, 0.1) is 0 Å². The third-order valence-corrected chi connectivity index (χ3v) is 5.68. The molecule has 0 atom stereocenters. The van der Waals surface area contributed by atoms with Crippen molar-refractivity contribution in [1.82, 2.24) is 9.97 Å². The Bertz CT molecular complexity index is 1180. The minimum absolute atomic E-state index is 0.172. The molecular weight excluding hydrogens is 477 g/mol. The average Bonchev–Trinajstić information content (AvgIpc) is 2.77. The molecule has 10 heteroatoms. The Labute approximate surface area is 208 Å². The Balaban J connectivity index is 1.81. The van der Waals surface area contributed by atoms with Crippen molar-refractivity contribution in [2.75, 3.05) is 43.3 Å². The van der Waals surface area contributed by atoms with Crippen molar-refractivity contribution in [2.45, 2.75) is 12.8 Å². The smallest absolute Gasteiger partial charge is 0.308 e. The van der Waals surface area contributed by atoms with Crippen LogP contribution in [0.1, 0.15) is 27.3 Å². The average molecular weight is 502 g/mol. The highest BCUT2D eigenvalue weighted by molar-refractivity contribution is 6.42. The van der Waals surface area contributed by atoms with Crippen molar-refractivity contribution >= 4 is 52.4 Å². The van der Waals surface area contributed by atoms with Gasteiger partial charge in [0.2, 0.25) is 0 Å². The van der Waals surface area contributed by atoms with Crippen molar-refractivity contribution in [3.8, 4) is 0 Å². The number of nitrogens with one attached hydrogen (secondary N) is 1. The molecule has 0 aliphatic rings. The van der Waals surface area contributed by atoms with Crippen LogP contribution in [0.25, 0.3) is 0 Å². The quantitative estimate of drug-likeness (QED) is 0.472. The van der Waals surface area contributed by atoms with Gasteiger partial charge in [-0.2, -0.15) is 0 Å². The van der Waals surface area contributed by atoms with Gasteiger partial charge in [0, 0.05) is 51.4 Å². The van der Waals surface area contributed by atoms with Crippen LogP contribution in [-0.4, -0.2) is 55.1 Å². The van der Waals surface area contributed by atoms with Gasteiger partial charge in [-0.15, -0.1) is 0 Å². The number of carbonyl (C=O) groups is 2. The number of carboxylic acid groups (broad SMARTS) is 1. The fourth-order valence-corrected chi connectivity index (χ4v) is 3.66. The summed E-state index contributed by atoms with van der Waals surface area (Å²) in [6, 6.07) is 12.0. The molecule has 3 aromatic rings. The molecule has 0 spiro atoms. The number of carboxylic acids is 1. The molecule has 8 nitrogen and oxygen atoms in total. The van der Waals surface area contributed by atoms with Crippen LogP contribution in [-0.2, 0) is 17.6 Å². The molecule has 178 valence electrons. The van der Waals surface area contributed by atoms with Gasteiger partial charge in [-0.1, -0.05) is 35.3 Å². The lowest BCUT2D eigenvalue weighted by Crippen LogP contribution is -2.22. The maximum absolute atomic E-state index is 12.5. The summed E-state index contributed by atoms with van der Waals surface area (Å²) >= 11 is 11.9. The molecule has 0 aliphatic heterocycles. The molecule has 0 radical (unpaired) electrons. The van der Waals surface area contributed by atoms with E-state index in [4.69, 9.17) is 23.2 Å². The molecule has 1 amide bonds. The van der Waals surface area contributed by atoms with E-state index in [2.05, 4.69) is 15.3 Å². The number of aliphatic carboxylic acids is 1. The first-order valence-corrected chi connectivity index (χ1v) is 11.1. The lowest BCUT2D eigenvalue weighted by Gasteiger charge is -2.22. The van der Waals surface area contributed by atoms with Crippen molar-refractivity contribution in [2.24, 2.45) is 0 Å². The zero-order valence-corrected chi connectivity index (χ0v) is 20.8.